The number of ketones is 1. The van der Waals surface area contributed by atoms with Gasteiger partial charge in [-0.25, -0.2) is 0 Å². The van der Waals surface area contributed by atoms with Crippen LogP contribution in [0.15, 0.2) is 103 Å². The second kappa shape index (κ2) is 17.1. The molecule has 6 nitrogen and oxygen atoms in total. The minimum atomic E-state index is -1.09. The molecule has 276 valence electrons. The van der Waals surface area contributed by atoms with Crippen molar-refractivity contribution in [2.45, 2.75) is 103 Å². The minimum absolute atomic E-state index is 0.00870. The van der Waals surface area contributed by atoms with Gasteiger partial charge in [-0.1, -0.05) is 91.4 Å². The molecule has 5 atom stereocenters. The molecular formula is C45H55NO5S. The molecule has 1 aromatic heterocycles. The van der Waals surface area contributed by atoms with Gasteiger partial charge in [0.1, 0.15) is 0 Å². The summed E-state index contributed by atoms with van der Waals surface area (Å²) in [6.07, 6.45) is 5.86. The molecule has 0 amide bonds. The fourth-order valence-corrected chi connectivity index (χ4v) is 9.34. The Hall–Kier alpha value is -3.43. The van der Waals surface area contributed by atoms with Crippen LogP contribution < -0.4 is 0 Å². The van der Waals surface area contributed by atoms with Gasteiger partial charge in [0.05, 0.1) is 35.9 Å². The molecule has 0 unspecified atom stereocenters. The number of allylic oxidation sites excluding steroid dienone is 2. The molecule has 7 rings (SSSR count). The van der Waals surface area contributed by atoms with E-state index < -0.39 is 23.2 Å². The molecule has 1 heterocycles. The minimum Gasteiger partial charge on any atom is -0.393 e. The van der Waals surface area contributed by atoms with Crippen LogP contribution in [0.5, 0.6) is 0 Å². The maximum atomic E-state index is 14.3. The Morgan fingerprint density at radius 3 is 2.40 bits per heavy atom. The van der Waals surface area contributed by atoms with Crippen molar-refractivity contribution >= 4 is 17.1 Å². The molecule has 1 saturated carbocycles. The third kappa shape index (κ3) is 9.19. The third-order valence-electron chi connectivity index (χ3n) is 11.5. The van der Waals surface area contributed by atoms with Gasteiger partial charge in [0, 0.05) is 35.5 Å². The van der Waals surface area contributed by atoms with E-state index >= 15 is 0 Å². The quantitative estimate of drug-likeness (QED) is 0.101. The van der Waals surface area contributed by atoms with E-state index in [9.17, 15) is 20.1 Å². The van der Waals surface area contributed by atoms with Gasteiger partial charge < -0.3 is 20.1 Å². The van der Waals surface area contributed by atoms with Gasteiger partial charge in [0.2, 0.25) is 5.78 Å². The molecule has 0 radical (unpaired) electrons. The number of aryl methyl sites for hydroxylation is 1. The first-order chi connectivity index (χ1) is 25.0. The van der Waals surface area contributed by atoms with E-state index in [4.69, 9.17) is 4.74 Å². The number of carbonyl (C=O) groups excluding carboxylic acids is 1. The van der Waals surface area contributed by atoms with Crippen LogP contribution in [-0.2, 0) is 24.3 Å². The zero-order valence-corrected chi connectivity index (χ0v) is 31.8. The number of fused-ring (bicyclic) bond motifs is 8. The third-order valence-corrected chi connectivity index (χ3v) is 12.5. The van der Waals surface area contributed by atoms with Crippen LogP contribution >= 0.6 is 11.3 Å². The SMILES string of the molecule is CC1=CCC[C@@]2(C)[C@@H](CC[C@@]2(O)CN(Cc2ccccc2)C[C@@H](O)COCc2ccccc2)c2ccc(cc2C(=O)c2ccc(C)s2)C[C@@H](O)CC1. The molecule has 2 bridgehead atoms. The average molecular weight is 722 g/mol. The highest BCUT2D eigenvalue weighted by atomic mass is 32.1. The van der Waals surface area contributed by atoms with E-state index in [2.05, 4.69) is 49.1 Å². The largest absolute Gasteiger partial charge is 0.393 e. The number of thiophene rings is 1. The van der Waals surface area contributed by atoms with Gasteiger partial charge in [-0.2, -0.15) is 0 Å². The summed E-state index contributed by atoms with van der Waals surface area (Å²) in [5.41, 5.74) is 4.38. The fraction of sp³-hybridized carbons (Fsp3) is 0.444. The number of rotatable bonds is 12. The Morgan fingerprint density at radius 1 is 0.962 bits per heavy atom. The summed E-state index contributed by atoms with van der Waals surface area (Å²) in [7, 11) is 0. The second-order valence-electron chi connectivity index (χ2n) is 15.5. The summed E-state index contributed by atoms with van der Waals surface area (Å²) in [5, 5.41) is 35.3. The van der Waals surface area contributed by atoms with E-state index in [0.717, 1.165) is 52.8 Å². The molecular weight excluding hydrogens is 667 g/mol. The van der Waals surface area contributed by atoms with Crippen molar-refractivity contribution in [1.29, 1.82) is 0 Å². The molecule has 52 heavy (non-hydrogen) atoms. The Kier molecular flexibility index (Phi) is 12.6. The Labute approximate surface area is 313 Å². The highest BCUT2D eigenvalue weighted by molar-refractivity contribution is 7.14. The van der Waals surface area contributed by atoms with E-state index in [1.807, 2.05) is 73.7 Å². The lowest BCUT2D eigenvalue weighted by molar-refractivity contribution is -0.0923. The zero-order valence-electron chi connectivity index (χ0n) is 31.0. The fourth-order valence-electron chi connectivity index (χ4n) is 8.52. The molecule has 0 saturated heterocycles. The number of hydrogen-bond donors (Lipinski definition) is 3. The molecule has 0 aliphatic heterocycles. The first kappa shape index (κ1) is 38.3. The number of aliphatic hydroxyl groups excluding tert-OH is 2. The van der Waals surface area contributed by atoms with Crippen LogP contribution in [0.2, 0.25) is 0 Å². The summed E-state index contributed by atoms with van der Waals surface area (Å²) in [6.45, 7) is 8.31. The van der Waals surface area contributed by atoms with Crippen molar-refractivity contribution in [1.82, 2.24) is 4.90 Å². The standard InChI is InChI=1S/C45H55NO5S/c1-32-11-10-23-44(3)41(39-20-18-36(25-37(47)19-16-32)26-40(39)43(49)42-21-17-33(2)52-42)22-24-45(44,50)31-46(27-34-12-6-4-7-13-34)28-38(48)30-51-29-35-14-8-5-9-15-35/h4-9,11-15,17-18,20-21,26,37-38,41,47-48,50H,10,16,19,22-25,27-31H2,1-3H3/t37-,38+,41-,44-,45+/m0/s1. The molecule has 3 N–H and O–H groups in total. The van der Waals surface area contributed by atoms with E-state index in [0.29, 0.717) is 55.9 Å². The van der Waals surface area contributed by atoms with Crippen molar-refractivity contribution in [3.8, 4) is 0 Å². The zero-order chi connectivity index (χ0) is 36.7. The Bertz CT molecular complexity index is 1800. The topological polar surface area (TPSA) is 90.2 Å². The van der Waals surface area contributed by atoms with Gasteiger partial charge in [0.15, 0.2) is 0 Å². The number of nitrogens with zero attached hydrogens (tertiary/aromatic N) is 1. The lowest BCUT2D eigenvalue weighted by atomic mass is 9.64. The van der Waals surface area contributed by atoms with Crippen molar-refractivity contribution in [2.75, 3.05) is 19.7 Å². The molecule has 4 aromatic rings. The van der Waals surface area contributed by atoms with Gasteiger partial charge in [-0.05, 0) is 105 Å². The van der Waals surface area contributed by atoms with Crippen LogP contribution in [0.4, 0.5) is 0 Å². The lowest BCUT2D eigenvalue weighted by Crippen LogP contribution is -2.53. The summed E-state index contributed by atoms with van der Waals surface area (Å²) in [6, 6.07) is 30.3. The van der Waals surface area contributed by atoms with Crippen molar-refractivity contribution in [3.05, 3.63) is 140 Å². The molecule has 3 aliphatic carbocycles. The Balaban J connectivity index is 1.33. The summed E-state index contributed by atoms with van der Waals surface area (Å²) in [4.78, 5) is 18.3. The van der Waals surface area contributed by atoms with Crippen LogP contribution in [0, 0.1) is 12.3 Å². The molecule has 3 aliphatic rings. The summed E-state index contributed by atoms with van der Waals surface area (Å²) < 4.78 is 5.94. The second-order valence-corrected chi connectivity index (χ2v) is 16.8. The number of carbonyl (C=O) groups is 1. The van der Waals surface area contributed by atoms with E-state index in [1.165, 1.54) is 16.9 Å². The van der Waals surface area contributed by atoms with Gasteiger partial charge >= 0.3 is 0 Å². The van der Waals surface area contributed by atoms with Gasteiger partial charge in [0.25, 0.3) is 0 Å². The van der Waals surface area contributed by atoms with Gasteiger partial charge in [-0.15, -0.1) is 11.3 Å². The average Bonchev–Trinajstić information content (AvgIpc) is 3.67. The van der Waals surface area contributed by atoms with Crippen LogP contribution in [-0.4, -0.2) is 63.5 Å². The highest BCUT2D eigenvalue weighted by Gasteiger charge is 2.57. The van der Waals surface area contributed by atoms with Crippen LogP contribution in [0.25, 0.3) is 0 Å². The first-order valence-electron chi connectivity index (χ1n) is 18.9. The first-order valence-corrected chi connectivity index (χ1v) is 19.7. The molecule has 0 spiro atoms. The predicted octanol–water partition coefficient (Wildman–Crippen LogP) is 8.41. The lowest BCUT2D eigenvalue weighted by Gasteiger charge is -2.46. The van der Waals surface area contributed by atoms with Crippen LogP contribution in [0.3, 0.4) is 0 Å². The maximum absolute atomic E-state index is 14.3. The summed E-state index contributed by atoms with van der Waals surface area (Å²) in [5.74, 6) is -0.0553. The number of benzene rings is 3. The number of aliphatic hydroxyl groups is 3. The van der Waals surface area contributed by atoms with Gasteiger partial charge in [-0.3, -0.25) is 9.69 Å². The summed E-state index contributed by atoms with van der Waals surface area (Å²) >= 11 is 1.51. The molecule has 1 fully saturated rings. The molecule has 7 heteroatoms. The van der Waals surface area contributed by atoms with E-state index in [-0.39, 0.29) is 18.3 Å². The maximum Gasteiger partial charge on any atom is 0.203 e. The van der Waals surface area contributed by atoms with E-state index in [1.54, 1.807) is 0 Å². The van der Waals surface area contributed by atoms with Crippen molar-refractivity contribution < 1.29 is 24.9 Å². The number of hydrogen-bond acceptors (Lipinski definition) is 7. The highest BCUT2D eigenvalue weighted by Crippen LogP contribution is 2.59. The van der Waals surface area contributed by atoms with Crippen LogP contribution in [0.1, 0.15) is 101 Å². The van der Waals surface area contributed by atoms with Crippen molar-refractivity contribution in [2.24, 2.45) is 5.41 Å². The Morgan fingerprint density at radius 2 is 1.69 bits per heavy atom. The normalized spacial score (nSPS) is 24.3. The predicted molar refractivity (Wildman–Crippen MR) is 210 cm³/mol. The molecule has 3 aromatic carbocycles. The monoisotopic (exact) mass is 721 g/mol. The smallest absolute Gasteiger partial charge is 0.203 e. The number of ether oxygens (including phenoxy) is 1. The van der Waals surface area contributed by atoms with Crippen molar-refractivity contribution in [3.63, 3.8) is 0 Å².